The van der Waals surface area contributed by atoms with Crippen LogP contribution < -0.4 is 14.8 Å². The van der Waals surface area contributed by atoms with Gasteiger partial charge in [-0.1, -0.05) is 58.4 Å². The Hall–Kier alpha value is -3.32. The summed E-state index contributed by atoms with van der Waals surface area (Å²) in [6.45, 7) is 7.78. The maximum absolute atomic E-state index is 13.7. The van der Waals surface area contributed by atoms with E-state index in [0.29, 0.717) is 17.9 Å². The Balaban J connectivity index is 1.94. The summed E-state index contributed by atoms with van der Waals surface area (Å²) in [7, 11) is 1.60. The predicted octanol–water partition coefficient (Wildman–Crippen LogP) is 5.70. The minimum absolute atomic E-state index is 0.195. The molecule has 1 N–H and O–H groups in total. The molecule has 1 atom stereocenters. The summed E-state index contributed by atoms with van der Waals surface area (Å²) >= 11 is 3.49. The van der Waals surface area contributed by atoms with Crippen LogP contribution in [0.5, 0.6) is 11.5 Å². The number of carbonyl (C=O) groups excluding carboxylic acids is 2. The molecule has 0 spiro atoms. The van der Waals surface area contributed by atoms with Gasteiger partial charge in [-0.2, -0.15) is 0 Å². The van der Waals surface area contributed by atoms with E-state index in [1.54, 1.807) is 12.0 Å². The van der Waals surface area contributed by atoms with Crippen LogP contribution in [-0.4, -0.2) is 42.0 Å². The van der Waals surface area contributed by atoms with Gasteiger partial charge < -0.3 is 19.7 Å². The number of aryl methyl sites for hydroxylation is 1. The average Bonchev–Trinajstić information content (AvgIpc) is 2.86. The van der Waals surface area contributed by atoms with Crippen molar-refractivity contribution in [2.75, 3.05) is 13.7 Å². The maximum Gasteiger partial charge on any atom is 0.261 e. The molecular formula is C30H35BrN2O4. The molecule has 0 aliphatic rings. The molecule has 2 amide bonds. The zero-order valence-corrected chi connectivity index (χ0v) is 23.7. The number of halogens is 1. The van der Waals surface area contributed by atoms with E-state index in [-0.39, 0.29) is 25.0 Å². The van der Waals surface area contributed by atoms with E-state index in [1.165, 1.54) is 0 Å². The molecule has 3 rings (SSSR count). The molecule has 0 unspecified atom stereocenters. The third-order valence-corrected chi connectivity index (χ3v) is 6.64. The fraction of sp³-hybridized carbons (Fsp3) is 0.333. The second kappa shape index (κ2) is 12.8. The van der Waals surface area contributed by atoms with Gasteiger partial charge in [-0.05, 0) is 74.7 Å². The summed E-state index contributed by atoms with van der Waals surface area (Å²) < 4.78 is 12.2. The average molecular weight is 568 g/mol. The van der Waals surface area contributed by atoms with Crippen LogP contribution in [0.3, 0.4) is 0 Å². The van der Waals surface area contributed by atoms with E-state index in [9.17, 15) is 9.59 Å². The van der Waals surface area contributed by atoms with Crippen molar-refractivity contribution in [3.63, 3.8) is 0 Å². The molecule has 6 nitrogen and oxygen atoms in total. The van der Waals surface area contributed by atoms with Gasteiger partial charge in [0.2, 0.25) is 5.91 Å². The summed E-state index contributed by atoms with van der Waals surface area (Å²) in [4.78, 5) is 28.9. The van der Waals surface area contributed by atoms with Crippen LogP contribution in [0.25, 0.3) is 0 Å². The lowest BCUT2D eigenvalue weighted by molar-refractivity contribution is -0.143. The molecule has 0 heterocycles. The highest BCUT2D eigenvalue weighted by molar-refractivity contribution is 9.10. The van der Waals surface area contributed by atoms with Crippen molar-refractivity contribution in [3.8, 4) is 11.5 Å². The topological polar surface area (TPSA) is 67.9 Å². The van der Waals surface area contributed by atoms with Gasteiger partial charge in [-0.3, -0.25) is 9.59 Å². The zero-order chi connectivity index (χ0) is 27.0. The first-order chi connectivity index (χ1) is 17.6. The smallest absolute Gasteiger partial charge is 0.261 e. The van der Waals surface area contributed by atoms with Crippen LogP contribution in [0.4, 0.5) is 0 Å². The van der Waals surface area contributed by atoms with E-state index in [4.69, 9.17) is 9.47 Å². The summed E-state index contributed by atoms with van der Waals surface area (Å²) in [6, 6.07) is 22.1. The zero-order valence-electron chi connectivity index (χ0n) is 22.1. The second-order valence-corrected chi connectivity index (χ2v) is 10.9. The lowest BCUT2D eigenvalue weighted by atomic mass is 10.0. The molecule has 37 heavy (non-hydrogen) atoms. The van der Waals surface area contributed by atoms with Crippen LogP contribution in [0.2, 0.25) is 0 Å². The normalized spacial score (nSPS) is 11.9. The van der Waals surface area contributed by atoms with Crippen LogP contribution in [0, 0.1) is 6.92 Å². The number of amides is 2. The number of rotatable bonds is 10. The lowest BCUT2D eigenvalue weighted by Gasteiger charge is -2.33. The third-order valence-electron chi connectivity index (χ3n) is 5.75. The summed E-state index contributed by atoms with van der Waals surface area (Å²) in [6.07, 6.45) is 0.371. The molecule has 0 aliphatic carbocycles. The van der Waals surface area contributed by atoms with E-state index < -0.39 is 11.6 Å². The number of methoxy groups -OCH3 is 1. The van der Waals surface area contributed by atoms with Gasteiger partial charge >= 0.3 is 0 Å². The molecule has 196 valence electrons. The number of carbonyl (C=O) groups is 2. The standard InChI is InChI=1S/C30H35BrN2O4/c1-21-16-25(14-15-26(21)31)37-20-28(34)33(19-23-12-9-13-24(17-23)36-5)27(29(35)32-30(2,3)4)18-22-10-7-6-8-11-22/h6-17,27H,18-20H2,1-5H3,(H,32,35)/t27-/m0/s1. The molecule has 0 saturated carbocycles. The van der Waals surface area contributed by atoms with Crippen molar-refractivity contribution in [2.45, 2.75) is 52.2 Å². The van der Waals surface area contributed by atoms with Crippen molar-refractivity contribution in [3.05, 3.63) is 94.0 Å². The predicted molar refractivity (Wildman–Crippen MR) is 150 cm³/mol. The summed E-state index contributed by atoms with van der Waals surface area (Å²) in [5, 5.41) is 3.07. The first kappa shape index (κ1) is 28.3. The number of hydrogen-bond donors (Lipinski definition) is 1. The van der Waals surface area contributed by atoms with Crippen molar-refractivity contribution in [2.24, 2.45) is 0 Å². The molecule has 0 fully saturated rings. The lowest BCUT2D eigenvalue weighted by Crippen LogP contribution is -2.55. The molecule has 3 aromatic rings. The van der Waals surface area contributed by atoms with Gasteiger partial charge in [0.05, 0.1) is 7.11 Å². The Morgan fingerprint density at radius 2 is 1.65 bits per heavy atom. The number of benzene rings is 3. The van der Waals surface area contributed by atoms with Crippen molar-refractivity contribution in [1.82, 2.24) is 10.2 Å². The highest BCUT2D eigenvalue weighted by Gasteiger charge is 2.32. The number of ether oxygens (including phenoxy) is 2. The van der Waals surface area contributed by atoms with Gasteiger partial charge in [0.1, 0.15) is 17.5 Å². The van der Waals surface area contributed by atoms with Crippen molar-refractivity contribution < 1.29 is 19.1 Å². The molecule has 3 aromatic carbocycles. The highest BCUT2D eigenvalue weighted by atomic mass is 79.9. The van der Waals surface area contributed by atoms with Crippen molar-refractivity contribution in [1.29, 1.82) is 0 Å². The Labute approximate surface area is 228 Å². The summed E-state index contributed by atoms with van der Waals surface area (Å²) in [5.74, 6) is 0.778. The fourth-order valence-corrected chi connectivity index (χ4v) is 4.16. The minimum Gasteiger partial charge on any atom is -0.497 e. The second-order valence-electron chi connectivity index (χ2n) is 10.0. The molecule has 0 aliphatic heterocycles. The van der Waals surface area contributed by atoms with E-state index in [2.05, 4.69) is 21.2 Å². The number of nitrogens with one attached hydrogen (secondary N) is 1. The van der Waals surface area contributed by atoms with Crippen LogP contribution in [0.1, 0.15) is 37.5 Å². The Morgan fingerprint density at radius 3 is 2.30 bits per heavy atom. The van der Waals surface area contributed by atoms with Gasteiger partial charge in [-0.25, -0.2) is 0 Å². The first-order valence-electron chi connectivity index (χ1n) is 12.2. The van der Waals surface area contributed by atoms with Gasteiger partial charge in [0, 0.05) is 23.0 Å². The van der Waals surface area contributed by atoms with E-state index in [0.717, 1.165) is 21.2 Å². The monoisotopic (exact) mass is 566 g/mol. The van der Waals surface area contributed by atoms with Crippen LogP contribution >= 0.6 is 15.9 Å². The Morgan fingerprint density at radius 1 is 0.946 bits per heavy atom. The highest BCUT2D eigenvalue weighted by Crippen LogP contribution is 2.23. The molecular weight excluding hydrogens is 532 g/mol. The van der Waals surface area contributed by atoms with Gasteiger partial charge in [0.15, 0.2) is 6.61 Å². The molecule has 0 saturated heterocycles. The number of hydrogen-bond acceptors (Lipinski definition) is 4. The quantitative estimate of drug-likeness (QED) is 0.342. The van der Waals surface area contributed by atoms with Crippen LogP contribution in [-0.2, 0) is 22.6 Å². The van der Waals surface area contributed by atoms with E-state index in [1.807, 2.05) is 100 Å². The Kier molecular flexibility index (Phi) is 9.75. The maximum atomic E-state index is 13.7. The van der Waals surface area contributed by atoms with Gasteiger partial charge in [0.25, 0.3) is 5.91 Å². The van der Waals surface area contributed by atoms with Crippen molar-refractivity contribution >= 4 is 27.7 Å². The van der Waals surface area contributed by atoms with Gasteiger partial charge in [-0.15, -0.1) is 0 Å². The minimum atomic E-state index is -0.740. The largest absolute Gasteiger partial charge is 0.497 e. The SMILES string of the molecule is COc1cccc(CN(C(=O)COc2ccc(Br)c(C)c2)[C@@H](Cc2ccccc2)C(=O)NC(C)(C)C)c1. The molecule has 0 radical (unpaired) electrons. The Bertz CT molecular complexity index is 1210. The van der Waals surface area contributed by atoms with Crippen LogP contribution in [0.15, 0.2) is 77.3 Å². The molecule has 0 aromatic heterocycles. The third kappa shape index (κ3) is 8.64. The first-order valence-corrected chi connectivity index (χ1v) is 13.0. The fourth-order valence-electron chi connectivity index (χ4n) is 3.91. The summed E-state index contributed by atoms with van der Waals surface area (Å²) in [5.41, 5.74) is 2.37. The molecule has 0 bridgehead atoms. The molecule has 7 heteroatoms. The van der Waals surface area contributed by atoms with E-state index >= 15 is 0 Å². The number of nitrogens with zero attached hydrogens (tertiary/aromatic N) is 1.